The van der Waals surface area contributed by atoms with Gasteiger partial charge < -0.3 is 19.4 Å². The van der Waals surface area contributed by atoms with Crippen molar-refractivity contribution < 1.29 is 14.3 Å². The van der Waals surface area contributed by atoms with Gasteiger partial charge in [-0.2, -0.15) is 0 Å². The van der Waals surface area contributed by atoms with Crippen LogP contribution in [0.25, 0.3) is 0 Å². The van der Waals surface area contributed by atoms with Crippen LogP contribution in [0.4, 0.5) is 5.69 Å². The number of hydrogen-bond donors (Lipinski definition) is 0. The Morgan fingerprint density at radius 2 is 1.46 bits per heavy atom. The van der Waals surface area contributed by atoms with Crippen LogP contribution in [0.15, 0.2) is 24.3 Å². The number of nitrogens with zero attached hydrogens (tertiary/aromatic N) is 3. The summed E-state index contributed by atoms with van der Waals surface area (Å²) >= 11 is 0. The number of amides is 2. The summed E-state index contributed by atoms with van der Waals surface area (Å²) in [6.45, 7) is 10.5. The number of carbonyl (C=O) groups is 2. The molecule has 2 amide bonds. The number of piperidine rings is 1. The average molecular weight is 388 g/mol. The molecule has 3 rings (SSSR count). The molecule has 1 aromatic carbocycles. The van der Waals surface area contributed by atoms with Crippen LogP contribution in [0.3, 0.4) is 0 Å². The van der Waals surface area contributed by atoms with Gasteiger partial charge in [0.05, 0.1) is 7.11 Å². The van der Waals surface area contributed by atoms with Crippen molar-refractivity contribution in [2.45, 2.75) is 33.6 Å². The fourth-order valence-electron chi connectivity index (χ4n) is 4.04. The average Bonchev–Trinajstić information content (AvgIpc) is 2.72. The predicted octanol–water partition coefficient (Wildman–Crippen LogP) is 2.63. The van der Waals surface area contributed by atoms with Crippen LogP contribution in [-0.4, -0.2) is 68.0 Å². The first kappa shape index (κ1) is 20.5. The summed E-state index contributed by atoms with van der Waals surface area (Å²) in [6, 6.07) is 8.08. The van der Waals surface area contributed by atoms with Crippen LogP contribution in [0.1, 0.15) is 33.6 Å². The minimum Gasteiger partial charge on any atom is -0.497 e. The van der Waals surface area contributed by atoms with Crippen LogP contribution in [0.2, 0.25) is 0 Å². The highest BCUT2D eigenvalue weighted by Gasteiger charge is 2.34. The molecule has 28 heavy (non-hydrogen) atoms. The zero-order valence-corrected chi connectivity index (χ0v) is 17.6. The van der Waals surface area contributed by atoms with Crippen molar-refractivity contribution in [3.05, 3.63) is 24.3 Å². The van der Waals surface area contributed by atoms with Gasteiger partial charge in [0.25, 0.3) is 0 Å². The Hall–Kier alpha value is -2.24. The highest BCUT2D eigenvalue weighted by molar-refractivity contribution is 5.83. The van der Waals surface area contributed by atoms with Crippen LogP contribution in [-0.2, 0) is 9.59 Å². The molecule has 2 aliphatic rings. The van der Waals surface area contributed by atoms with E-state index in [0.29, 0.717) is 13.1 Å². The molecule has 2 saturated heterocycles. The topological polar surface area (TPSA) is 53.1 Å². The Labute approximate surface area is 168 Å². The van der Waals surface area contributed by atoms with Gasteiger partial charge in [-0.3, -0.25) is 9.59 Å². The molecule has 2 fully saturated rings. The quantitative estimate of drug-likeness (QED) is 0.800. The second kappa shape index (κ2) is 8.41. The molecule has 0 bridgehead atoms. The van der Waals surface area contributed by atoms with Gasteiger partial charge in [0.1, 0.15) is 5.75 Å². The van der Waals surface area contributed by atoms with Gasteiger partial charge in [-0.1, -0.05) is 20.8 Å². The van der Waals surface area contributed by atoms with E-state index in [2.05, 4.69) is 17.0 Å². The van der Waals surface area contributed by atoms with E-state index in [4.69, 9.17) is 4.74 Å². The molecule has 1 aromatic rings. The van der Waals surface area contributed by atoms with Crippen LogP contribution in [0.5, 0.6) is 5.75 Å². The molecule has 6 heteroatoms. The van der Waals surface area contributed by atoms with E-state index in [1.165, 1.54) is 5.69 Å². The van der Waals surface area contributed by atoms with Crippen LogP contribution >= 0.6 is 0 Å². The zero-order chi connectivity index (χ0) is 20.3. The highest BCUT2D eigenvalue weighted by Crippen LogP contribution is 2.26. The largest absolute Gasteiger partial charge is 0.497 e. The number of rotatable bonds is 3. The summed E-state index contributed by atoms with van der Waals surface area (Å²) in [5.74, 6) is 1.36. The molecule has 0 aliphatic carbocycles. The van der Waals surface area contributed by atoms with E-state index in [-0.39, 0.29) is 23.1 Å². The molecule has 0 aromatic heterocycles. The first-order valence-electron chi connectivity index (χ1n) is 10.3. The van der Waals surface area contributed by atoms with Crippen molar-refractivity contribution in [2.75, 3.05) is 51.3 Å². The molecule has 154 valence electrons. The fourth-order valence-corrected chi connectivity index (χ4v) is 4.04. The number of likely N-dealkylation sites (tertiary alicyclic amines) is 1. The van der Waals surface area contributed by atoms with Crippen LogP contribution in [0, 0.1) is 11.3 Å². The highest BCUT2D eigenvalue weighted by atomic mass is 16.5. The predicted molar refractivity (Wildman–Crippen MR) is 111 cm³/mol. The van der Waals surface area contributed by atoms with E-state index >= 15 is 0 Å². The maximum Gasteiger partial charge on any atom is 0.227 e. The first-order chi connectivity index (χ1) is 13.3. The number of benzene rings is 1. The number of piperazine rings is 1. The third kappa shape index (κ3) is 4.59. The standard InChI is InChI=1S/C22H33N3O3/c1-22(2,3)21(27)25-11-9-17(10-12-25)20(26)24-15-13-23(14-16-24)18-5-7-19(28-4)8-6-18/h5-8,17H,9-16H2,1-4H3. The number of anilines is 1. The number of carbonyl (C=O) groups excluding carboxylic acids is 2. The fraction of sp³-hybridized carbons (Fsp3) is 0.636. The molecular weight excluding hydrogens is 354 g/mol. The Balaban J connectivity index is 1.48. The molecule has 0 unspecified atom stereocenters. The summed E-state index contributed by atoms with van der Waals surface area (Å²) in [5.41, 5.74) is 0.816. The van der Waals surface area contributed by atoms with Gasteiger partial charge in [0.2, 0.25) is 11.8 Å². The van der Waals surface area contributed by atoms with Gasteiger partial charge in [0, 0.05) is 56.3 Å². The monoisotopic (exact) mass is 387 g/mol. The Bertz CT molecular complexity index is 680. The molecule has 0 saturated carbocycles. The minimum absolute atomic E-state index is 0.0524. The molecular formula is C22H33N3O3. The van der Waals surface area contributed by atoms with Gasteiger partial charge in [-0.05, 0) is 37.1 Å². The summed E-state index contributed by atoms with van der Waals surface area (Å²) in [6.07, 6.45) is 1.55. The lowest BCUT2D eigenvalue weighted by Crippen LogP contribution is -2.52. The van der Waals surface area contributed by atoms with Gasteiger partial charge >= 0.3 is 0 Å². The Kier molecular flexibility index (Phi) is 6.16. The molecule has 2 heterocycles. The first-order valence-corrected chi connectivity index (χ1v) is 10.3. The summed E-state index contributed by atoms with van der Waals surface area (Å²) in [5, 5.41) is 0. The summed E-state index contributed by atoms with van der Waals surface area (Å²) in [4.78, 5) is 31.6. The van der Waals surface area contributed by atoms with Crippen LogP contribution < -0.4 is 9.64 Å². The zero-order valence-electron chi connectivity index (χ0n) is 17.6. The Morgan fingerprint density at radius 1 is 0.893 bits per heavy atom. The van der Waals surface area contributed by atoms with Crippen molar-refractivity contribution in [1.29, 1.82) is 0 Å². The third-order valence-electron chi connectivity index (χ3n) is 5.80. The van der Waals surface area contributed by atoms with Crippen molar-refractivity contribution in [2.24, 2.45) is 11.3 Å². The van der Waals surface area contributed by atoms with Crippen molar-refractivity contribution >= 4 is 17.5 Å². The van der Waals surface area contributed by atoms with E-state index < -0.39 is 0 Å². The Morgan fingerprint density at radius 3 is 1.96 bits per heavy atom. The van der Waals surface area contributed by atoms with E-state index in [9.17, 15) is 9.59 Å². The van der Waals surface area contributed by atoms with E-state index in [1.807, 2.05) is 42.7 Å². The third-order valence-corrected chi connectivity index (χ3v) is 5.80. The van der Waals surface area contributed by atoms with Crippen molar-refractivity contribution in [3.63, 3.8) is 0 Å². The molecule has 0 radical (unpaired) electrons. The summed E-state index contributed by atoms with van der Waals surface area (Å²) in [7, 11) is 1.67. The molecule has 0 N–H and O–H groups in total. The number of methoxy groups -OCH3 is 1. The lowest BCUT2D eigenvalue weighted by molar-refractivity contribution is -0.145. The minimum atomic E-state index is -0.353. The summed E-state index contributed by atoms with van der Waals surface area (Å²) < 4.78 is 5.22. The van der Waals surface area contributed by atoms with Crippen molar-refractivity contribution in [3.8, 4) is 5.75 Å². The maximum atomic E-state index is 12.9. The molecule has 0 atom stereocenters. The van der Waals surface area contributed by atoms with E-state index in [0.717, 1.165) is 44.8 Å². The van der Waals surface area contributed by atoms with Gasteiger partial charge in [-0.15, -0.1) is 0 Å². The normalized spacial score (nSPS) is 18.9. The number of ether oxygens (including phenoxy) is 1. The molecule has 0 spiro atoms. The lowest BCUT2D eigenvalue weighted by Gasteiger charge is -2.40. The maximum absolute atomic E-state index is 12.9. The second-order valence-corrected chi connectivity index (χ2v) is 8.83. The van der Waals surface area contributed by atoms with Gasteiger partial charge in [-0.25, -0.2) is 0 Å². The SMILES string of the molecule is COc1ccc(N2CCN(C(=O)C3CCN(C(=O)C(C)(C)C)CC3)CC2)cc1. The molecule has 6 nitrogen and oxygen atoms in total. The lowest BCUT2D eigenvalue weighted by atomic mass is 9.90. The number of hydrogen-bond acceptors (Lipinski definition) is 4. The second-order valence-electron chi connectivity index (χ2n) is 8.83. The smallest absolute Gasteiger partial charge is 0.227 e. The van der Waals surface area contributed by atoms with Gasteiger partial charge in [0.15, 0.2) is 0 Å². The van der Waals surface area contributed by atoms with E-state index in [1.54, 1.807) is 7.11 Å². The van der Waals surface area contributed by atoms with Crippen molar-refractivity contribution in [1.82, 2.24) is 9.80 Å². The molecule has 2 aliphatic heterocycles.